The highest BCUT2D eigenvalue weighted by Crippen LogP contribution is 2.02. The van der Waals surface area contributed by atoms with Crippen LogP contribution in [0.3, 0.4) is 0 Å². The van der Waals surface area contributed by atoms with Crippen molar-refractivity contribution in [2.75, 3.05) is 7.05 Å². The molecule has 2 aromatic carbocycles. The van der Waals surface area contributed by atoms with Crippen LogP contribution < -0.4 is 5.59 Å². The number of nitrogens with zero attached hydrogens (tertiary/aromatic N) is 1. The second kappa shape index (κ2) is 7.66. The minimum atomic E-state index is 0.486. The van der Waals surface area contributed by atoms with Crippen LogP contribution in [-0.4, -0.2) is 12.2 Å². The molecule has 0 heterocycles. The van der Waals surface area contributed by atoms with Gasteiger partial charge in [0.2, 0.25) is 0 Å². The summed E-state index contributed by atoms with van der Waals surface area (Å²) in [5.41, 5.74) is 4.93. The third-order valence-corrected chi connectivity index (χ3v) is 2.54. The molecule has 0 aliphatic carbocycles. The van der Waals surface area contributed by atoms with Gasteiger partial charge in [0.1, 0.15) is 0 Å². The van der Waals surface area contributed by atoms with Crippen molar-refractivity contribution in [1.82, 2.24) is 10.8 Å². The molecule has 19 heavy (non-hydrogen) atoms. The van der Waals surface area contributed by atoms with Crippen molar-refractivity contribution in [3.05, 3.63) is 71.8 Å². The summed E-state index contributed by atoms with van der Waals surface area (Å²) in [6.45, 7) is 0.985. The molecule has 1 N–H and O–H groups in total. The van der Waals surface area contributed by atoms with Crippen LogP contribution in [0.1, 0.15) is 11.1 Å². The summed E-state index contributed by atoms with van der Waals surface area (Å²) < 4.78 is 0. The average molecular weight is 258 g/mol. The van der Waals surface area contributed by atoms with E-state index in [1.807, 2.05) is 60.7 Å². The van der Waals surface area contributed by atoms with Crippen LogP contribution in [0.15, 0.2) is 60.7 Å². The maximum Gasteiger partial charge on any atom is 0.0953 e. The maximum absolute atomic E-state index is 5.46. The lowest BCUT2D eigenvalue weighted by Gasteiger charge is -2.17. The molecule has 0 saturated carbocycles. The summed E-state index contributed by atoms with van der Waals surface area (Å²) in [6, 6.07) is 19.9. The molecule has 0 aliphatic rings. The molecule has 0 unspecified atom stereocenters. The highest BCUT2D eigenvalue weighted by Gasteiger charge is 1.99. The number of nitrogens with one attached hydrogen (secondary N) is 1. The highest BCUT2D eigenvalue weighted by molar-refractivity contribution is 5.13. The predicted molar refractivity (Wildman–Crippen MR) is 73.4 cm³/mol. The van der Waals surface area contributed by atoms with Gasteiger partial charge in [-0.1, -0.05) is 60.7 Å². The molecule has 0 saturated heterocycles. The SMILES string of the molecule is CN(NOCc1ccccc1)OCc1ccccc1. The van der Waals surface area contributed by atoms with Crippen LogP contribution >= 0.6 is 0 Å². The number of hydrogen-bond donors (Lipinski definition) is 1. The fourth-order valence-corrected chi connectivity index (χ4v) is 1.55. The van der Waals surface area contributed by atoms with Crippen molar-refractivity contribution >= 4 is 0 Å². The van der Waals surface area contributed by atoms with Crippen molar-refractivity contribution in [1.29, 1.82) is 0 Å². The predicted octanol–water partition coefficient (Wildman–Crippen LogP) is 2.69. The molecule has 0 spiro atoms. The number of hydrogen-bond acceptors (Lipinski definition) is 4. The van der Waals surface area contributed by atoms with Gasteiger partial charge in [-0.15, -0.1) is 10.8 Å². The van der Waals surface area contributed by atoms with Crippen molar-refractivity contribution in [2.24, 2.45) is 0 Å². The topological polar surface area (TPSA) is 33.7 Å². The zero-order chi connectivity index (χ0) is 13.3. The fraction of sp³-hybridized carbons (Fsp3) is 0.200. The monoisotopic (exact) mass is 258 g/mol. The molecular weight excluding hydrogens is 240 g/mol. The summed E-state index contributed by atoms with van der Waals surface area (Å²) >= 11 is 0. The molecule has 0 amide bonds. The summed E-state index contributed by atoms with van der Waals surface area (Å²) in [4.78, 5) is 10.8. The Kier molecular flexibility index (Phi) is 5.52. The Morgan fingerprint density at radius 1 is 0.842 bits per heavy atom. The normalized spacial score (nSPS) is 10.8. The van der Waals surface area contributed by atoms with Crippen LogP contribution in [0.4, 0.5) is 0 Å². The number of rotatable bonds is 7. The Bertz CT molecular complexity index is 462. The molecule has 100 valence electrons. The van der Waals surface area contributed by atoms with Gasteiger partial charge in [-0.05, 0) is 11.1 Å². The summed E-state index contributed by atoms with van der Waals surface area (Å²) in [6.07, 6.45) is 0. The zero-order valence-electron chi connectivity index (χ0n) is 11.0. The van der Waals surface area contributed by atoms with Crippen LogP contribution in [0.5, 0.6) is 0 Å². The lowest BCUT2D eigenvalue weighted by Crippen LogP contribution is -2.34. The van der Waals surface area contributed by atoms with E-state index in [-0.39, 0.29) is 0 Å². The first-order valence-electron chi connectivity index (χ1n) is 6.16. The molecule has 4 heteroatoms. The molecule has 2 rings (SSSR count). The molecular formula is C15H18N2O2. The first-order chi connectivity index (χ1) is 9.34. The second-order valence-electron chi connectivity index (χ2n) is 4.12. The van der Waals surface area contributed by atoms with E-state index in [1.165, 1.54) is 5.17 Å². The molecule has 0 fully saturated rings. The third-order valence-electron chi connectivity index (χ3n) is 2.54. The zero-order valence-corrected chi connectivity index (χ0v) is 11.0. The van der Waals surface area contributed by atoms with E-state index in [2.05, 4.69) is 5.59 Å². The van der Waals surface area contributed by atoms with Crippen LogP contribution in [0.25, 0.3) is 0 Å². The van der Waals surface area contributed by atoms with E-state index in [1.54, 1.807) is 7.05 Å². The standard InChI is InChI=1S/C15H18N2O2/c1-17(19-13-15-10-6-3-7-11-15)16-18-12-14-8-4-2-5-9-14/h2-11,16H,12-13H2,1H3. The molecule has 0 aliphatic heterocycles. The third kappa shape index (κ3) is 5.19. The van der Waals surface area contributed by atoms with E-state index in [0.29, 0.717) is 13.2 Å². The Morgan fingerprint density at radius 3 is 1.95 bits per heavy atom. The molecule has 4 nitrogen and oxygen atoms in total. The number of hydroxylamine groups is 1. The van der Waals surface area contributed by atoms with Gasteiger partial charge in [0, 0.05) is 7.05 Å². The first-order valence-corrected chi connectivity index (χ1v) is 6.16. The summed E-state index contributed by atoms with van der Waals surface area (Å²) in [7, 11) is 1.76. The number of hydrazine groups is 1. The van der Waals surface area contributed by atoms with Crippen molar-refractivity contribution in [3.63, 3.8) is 0 Å². The summed E-state index contributed by atoms with van der Waals surface area (Å²) in [5.74, 6) is 0. The minimum absolute atomic E-state index is 0.486. The van der Waals surface area contributed by atoms with Crippen LogP contribution in [-0.2, 0) is 22.9 Å². The summed E-state index contributed by atoms with van der Waals surface area (Å²) in [5, 5.41) is 1.45. The van der Waals surface area contributed by atoms with Gasteiger partial charge in [0.25, 0.3) is 0 Å². The lowest BCUT2D eigenvalue weighted by atomic mass is 10.2. The Labute approximate surface area is 113 Å². The quantitative estimate of drug-likeness (QED) is 0.774. The minimum Gasteiger partial charge on any atom is -0.280 e. The van der Waals surface area contributed by atoms with Gasteiger partial charge in [-0.25, -0.2) is 0 Å². The largest absolute Gasteiger partial charge is 0.280 e. The van der Waals surface area contributed by atoms with Gasteiger partial charge in [0.05, 0.1) is 13.2 Å². The van der Waals surface area contributed by atoms with Crippen molar-refractivity contribution in [3.8, 4) is 0 Å². The highest BCUT2D eigenvalue weighted by atomic mass is 16.8. The second-order valence-corrected chi connectivity index (χ2v) is 4.12. The van der Waals surface area contributed by atoms with Gasteiger partial charge >= 0.3 is 0 Å². The average Bonchev–Trinajstić information content (AvgIpc) is 2.47. The molecule has 0 atom stereocenters. The Balaban J connectivity index is 1.64. The fourth-order valence-electron chi connectivity index (χ4n) is 1.55. The molecule has 2 aromatic rings. The number of benzene rings is 2. The molecule has 0 bridgehead atoms. The maximum atomic E-state index is 5.46. The molecule has 0 radical (unpaired) electrons. The van der Waals surface area contributed by atoms with Crippen LogP contribution in [0, 0.1) is 0 Å². The van der Waals surface area contributed by atoms with Gasteiger partial charge < -0.3 is 0 Å². The first kappa shape index (κ1) is 13.7. The lowest BCUT2D eigenvalue weighted by molar-refractivity contribution is -0.268. The van der Waals surface area contributed by atoms with Gasteiger partial charge in [-0.2, -0.15) is 0 Å². The van der Waals surface area contributed by atoms with Crippen molar-refractivity contribution < 1.29 is 9.68 Å². The smallest absolute Gasteiger partial charge is 0.0953 e. The van der Waals surface area contributed by atoms with Gasteiger partial charge in [-0.3, -0.25) is 9.68 Å². The van der Waals surface area contributed by atoms with E-state index in [0.717, 1.165) is 11.1 Å². The molecule has 0 aromatic heterocycles. The van der Waals surface area contributed by atoms with Crippen molar-refractivity contribution in [2.45, 2.75) is 13.2 Å². The van der Waals surface area contributed by atoms with Gasteiger partial charge in [0.15, 0.2) is 0 Å². The Hall–Kier alpha value is -1.72. The van der Waals surface area contributed by atoms with E-state index < -0.39 is 0 Å². The van der Waals surface area contributed by atoms with E-state index in [4.69, 9.17) is 9.68 Å². The van der Waals surface area contributed by atoms with Crippen LogP contribution in [0.2, 0.25) is 0 Å². The van der Waals surface area contributed by atoms with E-state index in [9.17, 15) is 0 Å². The van der Waals surface area contributed by atoms with E-state index >= 15 is 0 Å². The Morgan fingerprint density at radius 2 is 1.37 bits per heavy atom.